The van der Waals surface area contributed by atoms with Crippen molar-refractivity contribution in [3.05, 3.63) is 35.4 Å². The Hall–Kier alpha value is -1.39. The van der Waals surface area contributed by atoms with Gasteiger partial charge in [-0.25, -0.2) is 0 Å². The third-order valence-electron chi connectivity index (χ3n) is 4.02. The molecule has 3 N–H and O–H groups in total. The van der Waals surface area contributed by atoms with Crippen molar-refractivity contribution in [3.8, 4) is 0 Å². The molecule has 0 saturated heterocycles. The molecule has 4 nitrogen and oxygen atoms in total. The number of aliphatic hydroxyl groups excluding tert-OH is 1. The van der Waals surface area contributed by atoms with E-state index in [0.717, 1.165) is 24.0 Å². The number of nitrogens with one attached hydrogen (secondary N) is 1. The molecule has 1 aliphatic rings. The molecular formula is C16H23NO3. The van der Waals surface area contributed by atoms with Crippen LogP contribution >= 0.6 is 0 Å². The zero-order valence-corrected chi connectivity index (χ0v) is 12.1. The van der Waals surface area contributed by atoms with Crippen LogP contribution < -0.4 is 5.32 Å². The molecule has 0 aliphatic heterocycles. The van der Waals surface area contributed by atoms with E-state index in [0.29, 0.717) is 0 Å². The summed E-state index contributed by atoms with van der Waals surface area (Å²) in [5.41, 5.74) is 0.901. The predicted octanol–water partition coefficient (Wildman–Crippen LogP) is 1.70. The van der Waals surface area contributed by atoms with Crippen LogP contribution in [0, 0.1) is 12.8 Å². The minimum atomic E-state index is -0.919. The number of hydrogen-bond acceptors (Lipinski definition) is 3. The molecular weight excluding hydrogens is 254 g/mol. The number of benzene rings is 1. The third-order valence-corrected chi connectivity index (χ3v) is 4.02. The largest absolute Gasteiger partial charge is 0.389 e. The summed E-state index contributed by atoms with van der Waals surface area (Å²) in [5, 5.41) is 22.9. The van der Waals surface area contributed by atoms with Gasteiger partial charge in [0, 0.05) is 6.54 Å². The fourth-order valence-electron chi connectivity index (χ4n) is 2.52. The molecule has 0 aromatic heterocycles. The highest BCUT2D eigenvalue weighted by Gasteiger charge is 2.41. The van der Waals surface area contributed by atoms with Crippen molar-refractivity contribution in [1.29, 1.82) is 0 Å². The van der Waals surface area contributed by atoms with Gasteiger partial charge in [-0.3, -0.25) is 4.79 Å². The van der Waals surface area contributed by atoms with Crippen LogP contribution in [-0.2, 0) is 4.79 Å². The zero-order chi connectivity index (χ0) is 14.8. The van der Waals surface area contributed by atoms with Gasteiger partial charge in [0.15, 0.2) is 0 Å². The lowest BCUT2D eigenvalue weighted by molar-refractivity contribution is -0.126. The highest BCUT2D eigenvalue weighted by Crippen LogP contribution is 2.41. The number of carbonyl (C=O) groups is 1. The van der Waals surface area contributed by atoms with Gasteiger partial charge >= 0.3 is 0 Å². The van der Waals surface area contributed by atoms with Crippen LogP contribution in [0.5, 0.6) is 0 Å². The maximum atomic E-state index is 11.8. The summed E-state index contributed by atoms with van der Waals surface area (Å²) in [6, 6.07) is 7.56. The Balaban J connectivity index is 1.82. The van der Waals surface area contributed by atoms with Gasteiger partial charge in [0.25, 0.3) is 0 Å². The Morgan fingerprint density at radius 2 is 2.10 bits per heavy atom. The van der Waals surface area contributed by atoms with Crippen molar-refractivity contribution in [2.45, 2.75) is 44.8 Å². The van der Waals surface area contributed by atoms with Gasteiger partial charge in [0.05, 0.1) is 18.1 Å². The highest BCUT2D eigenvalue weighted by atomic mass is 16.3. The number of aryl methyl sites for hydroxylation is 1. The molecule has 1 aromatic rings. The van der Waals surface area contributed by atoms with E-state index in [-0.39, 0.29) is 24.8 Å². The minimum Gasteiger partial charge on any atom is -0.389 e. The normalized spacial score (nSPS) is 19.2. The van der Waals surface area contributed by atoms with E-state index >= 15 is 0 Å². The van der Waals surface area contributed by atoms with E-state index in [9.17, 15) is 15.0 Å². The lowest BCUT2D eigenvalue weighted by atomic mass is 9.96. The van der Waals surface area contributed by atoms with Crippen molar-refractivity contribution in [2.75, 3.05) is 6.54 Å². The van der Waals surface area contributed by atoms with E-state index in [2.05, 4.69) is 5.32 Å². The van der Waals surface area contributed by atoms with Gasteiger partial charge in [0.2, 0.25) is 5.91 Å². The van der Waals surface area contributed by atoms with Crippen LogP contribution in [0.4, 0.5) is 0 Å². The molecule has 0 heterocycles. The molecule has 1 amide bonds. The van der Waals surface area contributed by atoms with Crippen LogP contribution in [0.15, 0.2) is 24.3 Å². The Labute approximate surface area is 119 Å². The third kappa shape index (κ3) is 3.81. The van der Waals surface area contributed by atoms with Crippen LogP contribution in [0.1, 0.15) is 43.4 Å². The lowest BCUT2D eigenvalue weighted by Crippen LogP contribution is -2.37. The van der Waals surface area contributed by atoms with Gasteiger partial charge in [0.1, 0.15) is 0 Å². The number of hydrogen-bond donors (Lipinski definition) is 3. The molecule has 0 unspecified atom stereocenters. The first-order valence-electron chi connectivity index (χ1n) is 7.13. The summed E-state index contributed by atoms with van der Waals surface area (Å²) in [4.78, 5) is 11.8. The van der Waals surface area contributed by atoms with Gasteiger partial charge in [-0.15, -0.1) is 0 Å². The minimum absolute atomic E-state index is 0.0954. The summed E-state index contributed by atoms with van der Waals surface area (Å²) in [6.45, 7) is 3.81. The van der Waals surface area contributed by atoms with Gasteiger partial charge in [-0.1, -0.05) is 24.3 Å². The molecule has 1 saturated carbocycles. The molecule has 4 heteroatoms. The number of rotatable bonds is 6. The number of amides is 1. The summed E-state index contributed by atoms with van der Waals surface area (Å²) in [6.07, 6.45) is 1.36. The second kappa shape index (κ2) is 5.94. The molecule has 2 rings (SSSR count). The van der Waals surface area contributed by atoms with Crippen LogP contribution in [0.3, 0.4) is 0 Å². The molecule has 20 heavy (non-hydrogen) atoms. The van der Waals surface area contributed by atoms with Crippen molar-refractivity contribution in [3.63, 3.8) is 0 Å². The molecule has 1 fully saturated rings. The second-order valence-electron chi connectivity index (χ2n) is 5.98. The quantitative estimate of drug-likeness (QED) is 0.741. The summed E-state index contributed by atoms with van der Waals surface area (Å²) < 4.78 is 0. The van der Waals surface area contributed by atoms with E-state index in [1.165, 1.54) is 0 Å². The average Bonchev–Trinajstić information content (AvgIpc) is 3.20. The fourth-order valence-corrected chi connectivity index (χ4v) is 2.52. The van der Waals surface area contributed by atoms with E-state index in [4.69, 9.17) is 0 Å². The lowest BCUT2D eigenvalue weighted by Gasteiger charge is -2.22. The molecule has 1 aliphatic carbocycles. The standard InChI is InChI=1S/C16H23NO3/c1-11-5-3-4-6-13(11)14(18)10-17-15(19)9-16(2,20)12-7-8-12/h3-6,12,14,18,20H,7-10H2,1-2H3,(H,17,19)/t14-,16-/m0/s1. The Kier molecular flexibility index (Phi) is 4.45. The van der Waals surface area contributed by atoms with Crippen molar-refractivity contribution in [1.82, 2.24) is 5.32 Å². The van der Waals surface area contributed by atoms with Crippen molar-refractivity contribution < 1.29 is 15.0 Å². The molecule has 110 valence electrons. The smallest absolute Gasteiger partial charge is 0.222 e. The SMILES string of the molecule is Cc1ccccc1[C@@H](O)CNC(=O)C[C@](C)(O)C1CC1. The molecule has 0 bridgehead atoms. The number of aliphatic hydroxyl groups is 2. The van der Waals surface area contributed by atoms with Crippen molar-refractivity contribution in [2.24, 2.45) is 5.92 Å². The molecule has 0 spiro atoms. The van der Waals surface area contributed by atoms with Gasteiger partial charge in [-0.2, -0.15) is 0 Å². The Morgan fingerprint density at radius 3 is 2.70 bits per heavy atom. The van der Waals surface area contributed by atoms with E-state index in [1.54, 1.807) is 6.92 Å². The average molecular weight is 277 g/mol. The Morgan fingerprint density at radius 1 is 1.45 bits per heavy atom. The van der Waals surface area contributed by atoms with Crippen LogP contribution in [-0.4, -0.2) is 28.3 Å². The maximum absolute atomic E-state index is 11.8. The Bertz CT molecular complexity index is 480. The first kappa shape index (κ1) is 15.0. The zero-order valence-electron chi connectivity index (χ0n) is 12.1. The summed E-state index contributed by atoms with van der Waals surface area (Å²) in [5.74, 6) is 0.0316. The number of carbonyl (C=O) groups excluding carboxylic acids is 1. The van der Waals surface area contributed by atoms with E-state index < -0.39 is 11.7 Å². The van der Waals surface area contributed by atoms with Crippen molar-refractivity contribution >= 4 is 5.91 Å². The monoisotopic (exact) mass is 277 g/mol. The van der Waals surface area contributed by atoms with Gasteiger partial charge < -0.3 is 15.5 Å². The molecule has 2 atom stereocenters. The first-order chi connectivity index (χ1) is 9.40. The van der Waals surface area contributed by atoms with Gasteiger partial charge in [-0.05, 0) is 43.7 Å². The second-order valence-corrected chi connectivity index (χ2v) is 5.98. The van der Waals surface area contributed by atoms with Crippen LogP contribution in [0.25, 0.3) is 0 Å². The van der Waals surface area contributed by atoms with Crippen LogP contribution in [0.2, 0.25) is 0 Å². The fraction of sp³-hybridized carbons (Fsp3) is 0.562. The van der Waals surface area contributed by atoms with E-state index in [1.807, 2.05) is 31.2 Å². The predicted molar refractivity (Wildman–Crippen MR) is 77.1 cm³/mol. The molecule has 1 aromatic carbocycles. The maximum Gasteiger partial charge on any atom is 0.222 e. The molecule has 0 radical (unpaired) electrons. The summed E-state index contributed by atoms with van der Waals surface area (Å²) in [7, 11) is 0. The topological polar surface area (TPSA) is 69.6 Å². The summed E-state index contributed by atoms with van der Waals surface area (Å²) >= 11 is 0. The highest BCUT2D eigenvalue weighted by molar-refractivity contribution is 5.77. The first-order valence-corrected chi connectivity index (χ1v) is 7.13.